The first-order chi connectivity index (χ1) is 14.1. The number of aliphatic hydroxyl groups is 1. The summed E-state index contributed by atoms with van der Waals surface area (Å²) in [5.74, 6) is 0.903. The highest BCUT2D eigenvalue weighted by molar-refractivity contribution is 5.69. The molecule has 0 radical (unpaired) electrons. The van der Waals surface area contributed by atoms with Crippen LogP contribution in [0.15, 0.2) is 30.3 Å². The predicted molar refractivity (Wildman–Crippen MR) is 114 cm³/mol. The van der Waals surface area contributed by atoms with Crippen LogP contribution < -0.4 is 18.9 Å². The smallest absolute Gasteiger partial charge is 0.197 e. The van der Waals surface area contributed by atoms with Crippen LogP contribution in [-0.2, 0) is 5.41 Å². The Bertz CT molecular complexity index is 978. The number of aliphatic hydroxyl groups excluding tert-OH is 1. The van der Waals surface area contributed by atoms with E-state index in [-0.39, 0.29) is 5.75 Å². The minimum atomic E-state index is -1.06. The molecule has 2 aromatic rings. The van der Waals surface area contributed by atoms with Crippen molar-refractivity contribution in [2.45, 2.75) is 44.8 Å². The van der Waals surface area contributed by atoms with Gasteiger partial charge in [-0.25, -0.2) is 4.39 Å². The minimum Gasteiger partial charge on any atom is -0.496 e. The monoisotopic (exact) mass is 416 g/mol. The topological polar surface area (TPSA) is 57.2 Å². The zero-order valence-corrected chi connectivity index (χ0v) is 18.5. The molecule has 30 heavy (non-hydrogen) atoms. The zero-order valence-electron chi connectivity index (χ0n) is 18.5. The number of fused-ring (bicyclic) bond motifs is 1. The van der Waals surface area contributed by atoms with Crippen molar-refractivity contribution in [3.63, 3.8) is 0 Å². The fourth-order valence-corrected chi connectivity index (χ4v) is 3.81. The molecule has 0 aromatic heterocycles. The molecule has 0 bridgehead atoms. The van der Waals surface area contributed by atoms with E-state index in [0.29, 0.717) is 28.4 Å². The van der Waals surface area contributed by atoms with Crippen LogP contribution >= 0.6 is 0 Å². The molecular weight excluding hydrogens is 387 g/mol. The van der Waals surface area contributed by atoms with Gasteiger partial charge in [-0.1, -0.05) is 19.9 Å². The summed E-state index contributed by atoms with van der Waals surface area (Å²) >= 11 is 0. The van der Waals surface area contributed by atoms with Crippen molar-refractivity contribution in [2.24, 2.45) is 0 Å². The van der Waals surface area contributed by atoms with Crippen molar-refractivity contribution >= 4 is 6.08 Å². The first-order valence-corrected chi connectivity index (χ1v) is 9.75. The molecule has 0 amide bonds. The van der Waals surface area contributed by atoms with Gasteiger partial charge < -0.3 is 24.1 Å². The third-order valence-corrected chi connectivity index (χ3v) is 5.57. The maximum Gasteiger partial charge on any atom is 0.197 e. The van der Waals surface area contributed by atoms with E-state index in [9.17, 15) is 5.11 Å². The predicted octanol–water partition coefficient (Wildman–Crippen LogP) is 5.05. The highest BCUT2D eigenvalue weighted by Gasteiger charge is 2.38. The summed E-state index contributed by atoms with van der Waals surface area (Å²) in [6.07, 6.45) is 2.80. The van der Waals surface area contributed by atoms with Crippen molar-refractivity contribution < 1.29 is 28.4 Å². The average molecular weight is 416 g/mol. The number of benzene rings is 2. The summed E-state index contributed by atoms with van der Waals surface area (Å²) in [6.45, 7) is 7.47. The number of rotatable bonds is 6. The summed E-state index contributed by atoms with van der Waals surface area (Å²) < 4.78 is 37.3. The van der Waals surface area contributed by atoms with Gasteiger partial charge in [0.15, 0.2) is 17.3 Å². The zero-order chi connectivity index (χ0) is 22.3. The average Bonchev–Trinajstić information content (AvgIpc) is 2.70. The lowest BCUT2D eigenvalue weighted by Gasteiger charge is -2.34. The number of halogens is 1. The third-order valence-electron chi connectivity index (χ3n) is 5.57. The normalized spacial score (nSPS) is 15.8. The molecule has 1 aliphatic rings. The minimum absolute atomic E-state index is 0.00578. The van der Waals surface area contributed by atoms with E-state index in [2.05, 4.69) is 0 Å². The summed E-state index contributed by atoms with van der Waals surface area (Å²) in [4.78, 5) is 0. The molecule has 6 heteroatoms. The van der Waals surface area contributed by atoms with E-state index < -0.39 is 22.9 Å². The molecule has 0 saturated carbocycles. The Hall–Kier alpha value is -2.73. The Labute approximate surface area is 177 Å². The first kappa shape index (κ1) is 22.0. The van der Waals surface area contributed by atoms with E-state index in [4.69, 9.17) is 18.9 Å². The van der Waals surface area contributed by atoms with Crippen molar-refractivity contribution in [2.75, 3.05) is 21.3 Å². The second kappa shape index (κ2) is 7.84. The Morgan fingerprint density at radius 1 is 1.00 bits per heavy atom. The molecule has 5 nitrogen and oxygen atoms in total. The van der Waals surface area contributed by atoms with Crippen molar-refractivity contribution in [1.29, 1.82) is 0 Å². The molecule has 1 aliphatic heterocycles. The molecule has 162 valence electrons. The van der Waals surface area contributed by atoms with Crippen LogP contribution in [0.5, 0.6) is 23.0 Å². The fraction of sp³-hybridized carbons (Fsp3) is 0.417. The Morgan fingerprint density at radius 2 is 1.67 bits per heavy atom. The summed E-state index contributed by atoms with van der Waals surface area (Å²) in [5, 5.41) is 11.3. The quantitative estimate of drug-likeness (QED) is 0.714. The molecule has 0 fully saturated rings. The Morgan fingerprint density at radius 3 is 2.27 bits per heavy atom. The van der Waals surface area contributed by atoms with E-state index in [1.807, 2.05) is 32.1 Å². The number of hydrogen-bond donors (Lipinski definition) is 1. The molecule has 1 N–H and O–H groups in total. The number of hydrogen-bond acceptors (Lipinski definition) is 5. The van der Waals surface area contributed by atoms with Crippen LogP contribution in [0.1, 0.15) is 50.5 Å². The van der Waals surface area contributed by atoms with Gasteiger partial charge in [0, 0.05) is 16.5 Å². The Kier molecular flexibility index (Phi) is 5.74. The molecule has 1 heterocycles. The van der Waals surface area contributed by atoms with Crippen molar-refractivity contribution in [1.82, 2.24) is 0 Å². The van der Waals surface area contributed by atoms with E-state index >= 15 is 4.39 Å². The van der Waals surface area contributed by atoms with Crippen LogP contribution in [-0.4, -0.2) is 32.0 Å². The van der Waals surface area contributed by atoms with Crippen LogP contribution in [0.25, 0.3) is 6.08 Å². The van der Waals surface area contributed by atoms with E-state index in [0.717, 1.165) is 5.56 Å². The standard InChI is InChI=1S/C24H29FO5/c1-23(2)13-12-14-17(30-23)10-8-15(20(14)28-6)22(26)24(3,4)16-9-11-18(27-5)21(29-7)19(16)25/h8-13,22,26H,1-7H3. The van der Waals surface area contributed by atoms with E-state index in [1.165, 1.54) is 14.2 Å². The Balaban J connectivity index is 2.10. The molecular formula is C24H29FO5. The van der Waals surface area contributed by atoms with Gasteiger partial charge in [-0.15, -0.1) is 0 Å². The summed E-state index contributed by atoms with van der Waals surface area (Å²) in [5.41, 5.74) is 0.171. The van der Waals surface area contributed by atoms with Gasteiger partial charge in [0.1, 0.15) is 17.1 Å². The molecule has 3 rings (SSSR count). The SMILES string of the molecule is COc1ccc(C(C)(C)C(O)c2ccc3c(c2OC)C=CC(C)(C)O3)c(F)c1OC. The van der Waals surface area contributed by atoms with Gasteiger partial charge in [-0.05, 0) is 44.2 Å². The maximum atomic E-state index is 15.3. The first-order valence-electron chi connectivity index (χ1n) is 9.75. The second-order valence-electron chi connectivity index (χ2n) is 8.43. The lowest BCUT2D eigenvalue weighted by Crippen LogP contribution is -2.30. The van der Waals surface area contributed by atoms with Crippen LogP contribution in [0.2, 0.25) is 0 Å². The lowest BCUT2D eigenvalue weighted by atomic mass is 9.75. The van der Waals surface area contributed by atoms with Gasteiger partial charge in [0.25, 0.3) is 0 Å². The second-order valence-corrected chi connectivity index (χ2v) is 8.43. The van der Waals surface area contributed by atoms with Crippen molar-refractivity contribution in [3.05, 3.63) is 52.8 Å². The van der Waals surface area contributed by atoms with Crippen molar-refractivity contribution in [3.8, 4) is 23.0 Å². The van der Waals surface area contributed by atoms with Crippen LogP contribution in [0.3, 0.4) is 0 Å². The fourth-order valence-electron chi connectivity index (χ4n) is 3.81. The highest BCUT2D eigenvalue weighted by Crippen LogP contribution is 2.47. The molecule has 2 aromatic carbocycles. The summed E-state index contributed by atoms with van der Waals surface area (Å²) in [6, 6.07) is 6.81. The van der Waals surface area contributed by atoms with Crippen LogP contribution in [0.4, 0.5) is 4.39 Å². The van der Waals surface area contributed by atoms with Gasteiger partial charge in [0.05, 0.1) is 33.0 Å². The molecule has 0 aliphatic carbocycles. The van der Waals surface area contributed by atoms with Crippen LogP contribution in [0, 0.1) is 5.82 Å². The number of methoxy groups -OCH3 is 3. The lowest BCUT2D eigenvalue weighted by molar-refractivity contribution is 0.0943. The molecule has 1 atom stereocenters. The summed E-state index contributed by atoms with van der Waals surface area (Å²) in [7, 11) is 4.38. The third kappa shape index (κ3) is 3.60. The van der Waals surface area contributed by atoms with Gasteiger partial charge >= 0.3 is 0 Å². The molecule has 0 saturated heterocycles. The van der Waals surface area contributed by atoms with E-state index in [1.54, 1.807) is 39.2 Å². The van der Waals surface area contributed by atoms with Gasteiger partial charge in [-0.2, -0.15) is 0 Å². The molecule has 1 unspecified atom stereocenters. The largest absolute Gasteiger partial charge is 0.496 e. The van der Waals surface area contributed by atoms with Gasteiger partial charge in [0.2, 0.25) is 0 Å². The molecule has 0 spiro atoms. The highest BCUT2D eigenvalue weighted by atomic mass is 19.1. The van der Waals surface area contributed by atoms with Gasteiger partial charge in [-0.3, -0.25) is 0 Å². The number of ether oxygens (including phenoxy) is 4. The maximum absolute atomic E-state index is 15.3.